The van der Waals surface area contributed by atoms with Crippen LogP contribution in [0.25, 0.3) is 0 Å². The van der Waals surface area contributed by atoms with Crippen LogP contribution in [0.3, 0.4) is 0 Å². The van der Waals surface area contributed by atoms with E-state index in [-0.39, 0.29) is 0 Å². The Morgan fingerprint density at radius 3 is 2.44 bits per heavy atom. The Bertz CT molecular complexity index is 506. The van der Waals surface area contributed by atoms with Crippen LogP contribution in [0.5, 0.6) is 11.5 Å². The van der Waals surface area contributed by atoms with Crippen molar-refractivity contribution in [2.24, 2.45) is 0 Å². The highest BCUT2D eigenvalue weighted by Gasteiger charge is 2.00. The predicted molar refractivity (Wildman–Crippen MR) is 71.3 cm³/mol. The Morgan fingerprint density at radius 1 is 1.11 bits per heavy atom. The maximum Gasteiger partial charge on any atom is 0.133 e. The maximum atomic E-state index is 5.86. The molecule has 0 unspecified atom stereocenters. The van der Waals surface area contributed by atoms with Crippen molar-refractivity contribution in [3.05, 3.63) is 52.8 Å². The number of ether oxygens (including phenoxy) is 2. The molecule has 0 saturated carbocycles. The highest BCUT2D eigenvalue weighted by atomic mass is 35.5. The minimum Gasteiger partial charge on any atom is -0.497 e. The number of hydrogen-bond donors (Lipinski definition) is 0. The Kier molecular flexibility index (Phi) is 4.05. The van der Waals surface area contributed by atoms with Gasteiger partial charge in [0, 0.05) is 17.8 Å². The molecule has 0 aliphatic carbocycles. The SMILES string of the molecule is COc1ccc(COc2cc(C)nc(Cl)c2)cc1. The van der Waals surface area contributed by atoms with Crippen LogP contribution in [0.1, 0.15) is 11.3 Å². The molecule has 0 N–H and O–H groups in total. The molecule has 0 saturated heterocycles. The molecule has 0 bridgehead atoms. The number of pyridine rings is 1. The molecule has 1 aromatic heterocycles. The van der Waals surface area contributed by atoms with Gasteiger partial charge in [0.1, 0.15) is 23.3 Å². The first-order valence-electron chi connectivity index (χ1n) is 5.57. The lowest BCUT2D eigenvalue weighted by atomic mass is 10.2. The lowest BCUT2D eigenvalue weighted by Crippen LogP contribution is -1.96. The van der Waals surface area contributed by atoms with Gasteiger partial charge in [0.15, 0.2) is 0 Å². The lowest BCUT2D eigenvalue weighted by Gasteiger charge is -2.08. The van der Waals surface area contributed by atoms with Crippen LogP contribution in [0, 0.1) is 6.92 Å². The molecule has 1 heterocycles. The molecule has 0 aliphatic heterocycles. The van der Waals surface area contributed by atoms with Crippen LogP contribution in [0.15, 0.2) is 36.4 Å². The van der Waals surface area contributed by atoms with Gasteiger partial charge in [-0.1, -0.05) is 23.7 Å². The van der Waals surface area contributed by atoms with Crippen LogP contribution in [-0.2, 0) is 6.61 Å². The molecule has 1 aromatic carbocycles. The third-order valence-corrected chi connectivity index (χ3v) is 2.65. The largest absolute Gasteiger partial charge is 0.497 e. The molecule has 94 valence electrons. The minimum absolute atomic E-state index is 0.444. The standard InChI is InChI=1S/C14H14ClNO2/c1-10-7-13(8-14(15)16-10)18-9-11-3-5-12(17-2)6-4-11/h3-8H,9H2,1-2H3. The summed E-state index contributed by atoms with van der Waals surface area (Å²) in [6, 6.07) is 11.3. The number of benzene rings is 1. The van der Waals surface area contributed by atoms with E-state index in [0.717, 1.165) is 22.8 Å². The van der Waals surface area contributed by atoms with Crippen LogP contribution in [0.4, 0.5) is 0 Å². The summed E-state index contributed by atoms with van der Waals surface area (Å²) >= 11 is 5.86. The van der Waals surface area contributed by atoms with Gasteiger partial charge in [-0.05, 0) is 24.6 Å². The second-order valence-corrected chi connectivity index (χ2v) is 4.29. The Hall–Kier alpha value is -1.74. The first-order valence-corrected chi connectivity index (χ1v) is 5.95. The van der Waals surface area contributed by atoms with Crippen molar-refractivity contribution in [3.8, 4) is 11.5 Å². The highest BCUT2D eigenvalue weighted by Crippen LogP contribution is 2.19. The van der Waals surface area contributed by atoms with E-state index in [4.69, 9.17) is 21.1 Å². The molecule has 0 amide bonds. The fraction of sp³-hybridized carbons (Fsp3) is 0.214. The Labute approximate surface area is 111 Å². The number of nitrogens with zero attached hydrogens (tertiary/aromatic N) is 1. The second-order valence-electron chi connectivity index (χ2n) is 3.90. The number of methoxy groups -OCH3 is 1. The average Bonchev–Trinajstić information content (AvgIpc) is 2.36. The van der Waals surface area contributed by atoms with E-state index in [1.54, 1.807) is 13.2 Å². The summed E-state index contributed by atoms with van der Waals surface area (Å²) in [5.74, 6) is 1.56. The summed E-state index contributed by atoms with van der Waals surface area (Å²) in [5, 5.41) is 0.444. The molecule has 0 spiro atoms. The molecule has 18 heavy (non-hydrogen) atoms. The van der Waals surface area contributed by atoms with Gasteiger partial charge in [0.05, 0.1) is 7.11 Å². The maximum absolute atomic E-state index is 5.86. The molecule has 0 radical (unpaired) electrons. The molecule has 2 aromatic rings. The van der Waals surface area contributed by atoms with Gasteiger partial charge >= 0.3 is 0 Å². The van der Waals surface area contributed by atoms with Gasteiger partial charge in [-0.25, -0.2) is 4.98 Å². The lowest BCUT2D eigenvalue weighted by molar-refractivity contribution is 0.305. The molecule has 4 heteroatoms. The van der Waals surface area contributed by atoms with Crippen LogP contribution < -0.4 is 9.47 Å². The predicted octanol–water partition coefficient (Wildman–Crippen LogP) is 3.63. The minimum atomic E-state index is 0.444. The number of rotatable bonds is 4. The van der Waals surface area contributed by atoms with Crippen molar-refractivity contribution >= 4 is 11.6 Å². The Balaban J connectivity index is 2.01. The fourth-order valence-electron chi connectivity index (χ4n) is 1.57. The molecule has 2 rings (SSSR count). The molecule has 0 atom stereocenters. The van der Waals surface area contributed by atoms with Gasteiger partial charge in [-0.15, -0.1) is 0 Å². The fourth-order valence-corrected chi connectivity index (χ4v) is 1.81. The molecular weight excluding hydrogens is 250 g/mol. The molecule has 3 nitrogen and oxygen atoms in total. The van der Waals surface area contributed by atoms with E-state index >= 15 is 0 Å². The average molecular weight is 264 g/mol. The molecule has 0 fully saturated rings. The highest BCUT2D eigenvalue weighted by molar-refractivity contribution is 6.29. The van der Waals surface area contributed by atoms with Crippen molar-refractivity contribution in [2.75, 3.05) is 7.11 Å². The third kappa shape index (κ3) is 3.37. The second kappa shape index (κ2) is 5.74. The van der Waals surface area contributed by atoms with Gasteiger partial charge < -0.3 is 9.47 Å². The molecule has 0 aliphatic rings. The zero-order valence-corrected chi connectivity index (χ0v) is 11.1. The van der Waals surface area contributed by atoms with E-state index in [2.05, 4.69) is 4.98 Å². The van der Waals surface area contributed by atoms with Crippen LogP contribution >= 0.6 is 11.6 Å². The summed E-state index contributed by atoms with van der Waals surface area (Å²) < 4.78 is 10.8. The first-order chi connectivity index (χ1) is 8.67. The van der Waals surface area contributed by atoms with Crippen molar-refractivity contribution in [2.45, 2.75) is 13.5 Å². The normalized spacial score (nSPS) is 10.2. The summed E-state index contributed by atoms with van der Waals surface area (Å²) in [6.45, 7) is 2.37. The van der Waals surface area contributed by atoms with E-state index < -0.39 is 0 Å². The number of hydrogen-bond acceptors (Lipinski definition) is 3. The van der Waals surface area contributed by atoms with E-state index in [0.29, 0.717) is 11.8 Å². The van der Waals surface area contributed by atoms with Crippen molar-refractivity contribution < 1.29 is 9.47 Å². The quantitative estimate of drug-likeness (QED) is 0.790. The Morgan fingerprint density at radius 2 is 1.83 bits per heavy atom. The summed E-state index contributed by atoms with van der Waals surface area (Å²) in [7, 11) is 1.65. The number of aryl methyl sites for hydroxylation is 1. The number of halogens is 1. The smallest absolute Gasteiger partial charge is 0.133 e. The van der Waals surface area contributed by atoms with Gasteiger partial charge in [-0.3, -0.25) is 0 Å². The van der Waals surface area contributed by atoms with Gasteiger partial charge in [0.2, 0.25) is 0 Å². The summed E-state index contributed by atoms with van der Waals surface area (Å²) in [5.41, 5.74) is 1.91. The van der Waals surface area contributed by atoms with E-state index in [1.807, 2.05) is 37.3 Å². The van der Waals surface area contributed by atoms with Crippen molar-refractivity contribution in [1.29, 1.82) is 0 Å². The summed E-state index contributed by atoms with van der Waals surface area (Å²) in [4.78, 5) is 4.08. The van der Waals surface area contributed by atoms with Gasteiger partial charge in [-0.2, -0.15) is 0 Å². The summed E-state index contributed by atoms with van der Waals surface area (Å²) in [6.07, 6.45) is 0. The van der Waals surface area contributed by atoms with Crippen LogP contribution in [-0.4, -0.2) is 12.1 Å². The van der Waals surface area contributed by atoms with E-state index in [1.165, 1.54) is 0 Å². The van der Waals surface area contributed by atoms with Gasteiger partial charge in [0.25, 0.3) is 0 Å². The van der Waals surface area contributed by atoms with E-state index in [9.17, 15) is 0 Å². The van der Waals surface area contributed by atoms with Crippen LogP contribution in [0.2, 0.25) is 5.15 Å². The first kappa shape index (κ1) is 12.7. The zero-order chi connectivity index (χ0) is 13.0. The zero-order valence-electron chi connectivity index (χ0n) is 10.3. The molecular formula is C14H14ClNO2. The van der Waals surface area contributed by atoms with Crippen molar-refractivity contribution in [1.82, 2.24) is 4.98 Å². The topological polar surface area (TPSA) is 31.4 Å². The monoisotopic (exact) mass is 263 g/mol. The third-order valence-electron chi connectivity index (χ3n) is 2.46. The number of aromatic nitrogens is 1. The van der Waals surface area contributed by atoms with Crippen molar-refractivity contribution in [3.63, 3.8) is 0 Å².